The zero-order valence-corrected chi connectivity index (χ0v) is 23.9. The lowest BCUT2D eigenvalue weighted by Crippen LogP contribution is -2.64. The number of ether oxygens (including phenoxy) is 1. The van der Waals surface area contributed by atoms with E-state index in [1.807, 2.05) is 24.7 Å². The number of nitrogens with zero attached hydrogens (tertiary/aromatic N) is 2. The van der Waals surface area contributed by atoms with Crippen molar-refractivity contribution < 1.29 is 33.3 Å². The number of rotatable bonds is 4. The van der Waals surface area contributed by atoms with Crippen LogP contribution in [-0.2, 0) is 16.0 Å². The van der Waals surface area contributed by atoms with E-state index in [2.05, 4.69) is 18.1 Å². The molecule has 3 saturated carbocycles. The Morgan fingerprint density at radius 1 is 1.19 bits per heavy atom. The van der Waals surface area contributed by atoms with Gasteiger partial charge in [-0.2, -0.15) is 5.10 Å². The van der Waals surface area contributed by atoms with Gasteiger partial charge in [-0.15, -0.1) is 0 Å². The summed E-state index contributed by atoms with van der Waals surface area (Å²) >= 11 is 0. The van der Waals surface area contributed by atoms with Gasteiger partial charge in [-0.3, -0.25) is 0 Å². The molecule has 0 bridgehead atoms. The normalized spacial score (nSPS) is 36.7. The van der Waals surface area contributed by atoms with Crippen LogP contribution in [0.15, 0.2) is 58.8 Å². The minimum atomic E-state index is -1.79. The lowest BCUT2D eigenvalue weighted by molar-refractivity contribution is -0.200. The van der Waals surface area contributed by atoms with Crippen molar-refractivity contribution in [3.63, 3.8) is 0 Å². The quantitative estimate of drug-likeness (QED) is 0.385. The van der Waals surface area contributed by atoms with Crippen LogP contribution in [0, 0.1) is 40.3 Å². The van der Waals surface area contributed by atoms with Gasteiger partial charge in [-0.25, -0.2) is 18.7 Å². The summed E-state index contributed by atoms with van der Waals surface area (Å²) in [5.74, 6) is -2.85. The first-order valence-corrected chi connectivity index (χ1v) is 14.7. The molecule has 0 radical (unpaired) electrons. The molecule has 220 valence electrons. The molecule has 3 fully saturated rings. The van der Waals surface area contributed by atoms with Crippen molar-refractivity contribution in [2.75, 3.05) is 0 Å². The predicted molar refractivity (Wildman–Crippen MR) is 150 cm³/mol. The summed E-state index contributed by atoms with van der Waals surface area (Å²) in [5.41, 5.74) is 0.991. The molecule has 4 aliphatic carbocycles. The Morgan fingerprint density at radius 3 is 2.64 bits per heavy atom. The van der Waals surface area contributed by atoms with E-state index in [1.54, 1.807) is 18.2 Å². The third-order valence-corrected chi connectivity index (χ3v) is 11.3. The van der Waals surface area contributed by atoms with Crippen LogP contribution >= 0.6 is 0 Å². The summed E-state index contributed by atoms with van der Waals surface area (Å²) < 4.78 is 26.6. The number of benzene rings is 1. The first kappa shape index (κ1) is 27.1. The topological polar surface area (TPSA) is 115 Å². The summed E-state index contributed by atoms with van der Waals surface area (Å²) in [6.07, 6.45) is 7.74. The maximum Gasteiger partial charge on any atom is 0.375 e. The van der Waals surface area contributed by atoms with Gasteiger partial charge in [0.05, 0.1) is 29.9 Å². The minimum Gasteiger partial charge on any atom is -0.478 e. The molecule has 2 N–H and O–H groups in total. The Hall–Kier alpha value is -3.72. The van der Waals surface area contributed by atoms with Crippen molar-refractivity contribution in [1.29, 1.82) is 0 Å². The fourth-order valence-corrected chi connectivity index (χ4v) is 9.60. The van der Waals surface area contributed by atoms with Crippen LogP contribution in [0.4, 0.5) is 4.39 Å². The fraction of sp³-hybridized carbons (Fsp3) is 0.485. The number of carboxylic acid groups (broad SMARTS) is 1. The largest absolute Gasteiger partial charge is 0.478 e. The number of aliphatic carboxylic acids is 1. The highest BCUT2D eigenvalue weighted by Gasteiger charge is 2.73. The lowest BCUT2D eigenvalue weighted by Gasteiger charge is -2.60. The van der Waals surface area contributed by atoms with Crippen molar-refractivity contribution in [2.45, 2.75) is 64.6 Å². The number of aromatic nitrogens is 2. The zero-order chi connectivity index (χ0) is 29.6. The van der Waals surface area contributed by atoms with Crippen molar-refractivity contribution in [2.24, 2.45) is 34.5 Å². The third-order valence-electron chi connectivity index (χ3n) is 11.3. The number of halogens is 1. The first-order chi connectivity index (χ1) is 20.0. The van der Waals surface area contributed by atoms with Crippen molar-refractivity contribution in [1.82, 2.24) is 9.78 Å². The Balaban J connectivity index is 1.24. The fourth-order valence-electron chi connectivity index (χ4n) is 9.60. The predicted octanol–water partition coefficient (Wildman–Crippen LogP) is 5.68. The molecule has 1 unspecified atom stereocenters. The summed E-state index contributed by atoms with van der Waals surface area (Å²) in [6, 6.07) is 9.31. The van der Waals surface area contributed by atoms with Crippen LogP contribution < -0.4 is 0 Å². The van der Waals surface area contributed by atoms with Crippen LogP contribution in [-0.4, -0.2) is 43.6 Å². The number of carbonyl (C=O) groups excluding carboxylic acids is 1. The van der Waals surface area contributed by atoms with Crippen LogP contribution in [0.25, 0.3) is 11.8 Å². The number of hydrogen-bond donors (Lipinski definition) is 2. The van der Waals surface area contributed by atoms with Gasteiger partial charge in [-0.1, -0.05) is 26.3 Å². The van der Waals surface area contributed by atoms with Gasteiger partial charge in [0, 0.05) is 11.3 Å². The molecule has 7 rings (SSSR count). The molecule has 8 atom stereocenters. The van der Waals surface area contributed by atoms with Gasteiger partial charge in [0.25, 0.3) is 0 Å². The van der Waals surface area contributed by atoms with Gasteiger partial charge < -0.3 is 19.4 Å². The van der Waals surface area contributed by atoms with Crippen molar-refractivity contribution >= 4 is 18.0 Å². The molecule has 0 amide bonds. The standard InChI is InChI=1S/C33H35FN2O6/c1-18-13-24-23-11-6-20-14-25-19(17-35-36(25)22-9-7-21(34)8-10-22)15-31(20,2)28(23)26(37)16-32(24,3)33(18,30(39)40)42-29(38)27-5-4-12-41-27/h4-5,7-10,12,14,17-18,23-24,26,28,37H,6,11,13,15-16H2,1-3H3,(H,39,40)/t18?,23-,24-,26-,28+,31-,32-,33-/m0/s1. The maximum atomic E-state index is 13.6. The Bertz CT molecular complexity index is 1590. The second-order valence-electron chi connectivity index (χ2n) is 13.3. The van der Waals surface area contributed by atoms with Gasteiger partial charge in [-0.05, 0) is 103 Å². The second kappa shape index (κ2) is 9.14. The highest BCUT2D eigenvalue weighted by molar-refractivity contribution is 5.91. The molecule has 1 aromatic carbocycles. The number of fused-ring (bicyclic) bond motifs is 6. The Kier molecular flexibility index (Phi) is 5.90. The van der Waals surface area contributed by atoms with Crippen LogP contribution in [0.2, 0.25) is 0 Å². The molecule has 2 heterocycles. The number of allylic oxidation sites excluding steroid dienone is 1. The summed E-state index contributed by atoms with van der Waals surface area (Å²) in [5, 5.41) is 27.3. The summed E-state index contributed by atoms with van der Waals surface area (Å²) in [7, 11) is 0. The average molecular weight is 575 g/mol. The Morgan fingerprint density at radius 2 is 1.95 bits per heavy atom. The first-order valence-electron chi connectivity index (χ1n) is 14.7. The number of aliphatic hydroxyl groups is 1. The van der Waals surface area contributed by atoms with Gasteiger partial charge in [0.15, 0.2) is 0 Å². The summed E-state index contributed by atoms with van der Waals surface area (Å²) in [4.78, 5) is 26.2. The van der Waals surface area contributed by atoms with Gasteiger partial charge in [0.2, 0.25) is 11.4 Å². The van der Waals surface area contributed by atoms with Crippen molar-refractivity contribution in [3.05, 3.63) is 77.3 Å². The maximum absolute atomic E-state index is 13.6. The molecular formula is C33H35FN2O6. The van der Waals surface area contributed by atoms with Crippen LogP contribution in [0.3, 0.4) is 0 Å². The second-order valence-corrected chi connectivity index (χ2v) is 13.3. The van der Waals surface area contributed by atoms with Gasteiger partial charge >= 0.3 is 11.9 Å². The molecule has 8 nitrogen and oxygen atoms in total. The van der Waals surface area contributed by atoms with Crippen LogP contribution in [0.1, 0.15) is 68.3 Å². The highest BCUT2D eigenvalue weighted by atomic mass is 19.1. The molecule has 9 heteroatoms. The van der Waals surface area contributed by atoms with Gasteiger partial charge in [0.1, 0.15) is 5.82 Å². The molecule has 4 aliphatic rings. The van der Waals surface area contributed by atoms with E-state index in [1.165, 1.54) is 30.0 Å². The SMILES string of the molecule is CC1C[C@H]2[C@@H]3CCC4=Cc5c(cnn5-c5ccc(F)cc5)C[C@]4(C)[C@H]3[C@@H](O)C[C@]2(C)[C@@]1(OC(=O)c1ccco1)C(=O)O. The molecule has 0 saturated heterocycles. The monoisotopic (exact) mass is 574 g/mol. The number of aliphatic hydroxyl groups excluding tert-OH is 1. The van der Waals surface area contributed by atoms with E-state index in [0.717, 1.165) is 29.8 Å². The Labute approximate surface area is 243 Å². The average Bonchev–Trinajstić information content (AvgIpc) is 3.66. The smallest absolute Gasteiger partial charge is 0.375 e. The van der Waals surface area contributed by atoms with E-state index >= 15 is 0 Å². The van der Waals surface area contributed by atoms with E-state index in [4.69, 9.17) is 9.15 Å². The van der Waals surface area contributed by atoms with E-state index < -0.39 is 35.0 Å². The molecule has 42 heavy (non-hydrogen) atoms. The van der Waals surface area contributed by atoms with E-state index in [9.17, 15) is 24.2 Å². The lowest BCUT2D eigenvalue weighted by atomic mass is 9.45. The molecule has 0 spiro atoms. The van der Waals surface area contributed by atoms with Crippen molar-refractivity contribution in [3.8, 4) is 5.69 Å². The number of hydrogen-bond acceptors (Lipinski definition) is 6. The number of furan rings is 1. The molecular weight excluding hydrogens is 539 g/mol. The zero-order valence-electron chi connectivity index (χ0n) is 23.9. The van der Waals surface area contributed by atoms with E-state index in [0.29, 0.717) is 12.8 Å². The third kappa shape index (κ3) is 3.52. The number of esters is 1. The summed E-state index contributed by atoms with van der Waals surface area (Å²) in [6.45, 7) is 5.96. The van der Waals surface area contributed by atoms with E-state index in [-0.39, 0.29) is 41.2 Å². The molecule has 2 aromatic heterocycles. The minimum absolute atomic E-state index is 0.0386. The number of carboxylic acids is 1. The molecule has 0 aliphatic heterocycles. The number of carbonyl (C=O) groups is 2. The highest BCUT2D eigenvalue weighted by Crippen LogP contribution is 2.69. The van der Waals surface area contributed by atoms with Crippen LogP contribution in [0.5, 0.6) is 0 Å². The molecule has 3 aromatic rings.